The van der Waals surface area contributed by atoms with Crippen molar-refractivity contribution in [1.29, 1.82) is 0 Å². The Bertz CT molecular complexity index is 517. The molecule has 0 bridgehead atoms. The van der Waals surface area contributed by atoms with Crippen molar-refractivity contribution in [1.82, 2.24) is 5.43 Å². The molecule has 3 N–H and O–H groups in total. The van der Waals surface area contributed by atoms with E-state index in [1.54, 1.807) is 41.8 Å². The smallest absolute Gasteiger partial charge is 0.271 e. The number of nitrogens with one attached hydrogen (secondary N) is 1. The molecule has 2 aromatic rings. The summed E-state index contributed by atoms with van der Waals surface area (Å²) in [5.74, 6) is -0.252. The van der Waals surface area contributed by atoms with E-state index in [4.69, 9.17) is 5.73 Å². The number of carbonyl (C=O) groups excluding carboxylic acids is 1. The minimum absolute atomic E-state index is 0.252. The number of hydrazone groups is 1. The van der Waals surface area contributed by atoms with Gasteiger partial charge in [0.2, 0.25) is 0 Å². The van der Waals surface area contributed by atoms with E-state index in [-0.39, 0.29) is 5.91 Å². The average molecular weight is 245 g/mol. The van der Waals surface area contributed by atoms with Gasteiger partial charge < -0.3 is 5.73 Å². The van der Waals surface area contributed by atoms with Crippen molar-refractivity contribution in [3.05, 3.63) is 52.2 Å². The third-order valence-corrected chi connectivity index (χ3v) is 2.88. The van der Waals surface area contributed by atoms with Crippen LogP contribution in [0.5, 0.6) is 0 Å². The van der Waals surface area contributed by atoms with Crippen LogP contribution < -0.4 is 11.2 Å². The lowest BCUT2D eigenvalue weighted by molar-refractivity contribution is 0.0955. The van der Waals surface area contributed by atoms with Crippen molar-refractivity contribution in [3.63, 3.8) is 0 Å². The molecule has 86 valence electrons. The van der Waals surface area contributed by atoms with Gasteiger partial charge >= 0.3 is 0 Å². The Morgan fingerprint density at radius 1 is 1.29 bits per heavy atom. The van der Waals surface area contributed by atoms with Crippen LogP contribution in [0, 0.1) is 0 Å². The summed E-state index contributed by atoms with van der Waals surface area (Å²) in [5, 5.41) is 5.81. The Balaban J connectivity index is 1.96. The van der Waals surface area contributed by atoms with Crippen LogP contribution in [0.1, 0.15) is 15.2 Å². The molecule has 1 aromatic carbocycles. The van der Waals surface area contributed by atoms with Gasteiger partial charge in [-0.25, -0.2) is 5.43 Å². The number of thiophene rings is 1. The zero-order valence-corrected chi connectivity index (χ0v) is 9.78. The van der Waals surface area contributed by atoms with E-state index in [1.165, 1.54) is 0 Å². The Hall–Kier alpha value is -2.14. The quantitative estimate of drug-likeness (QED) is 0.494. The number of carbonyl (C=O) groups is 1. The van der Waals surface area contributed by atoms with Crippen LogP contribution in [0.25, 0.3) is 0 Å². The zero-order chi connectivity index (χ0) is 12.1. The van der Waals surface area contributed by atoms with Gasteiger partial charge in [0, 0.05) is 16.1 Å². The van der Waals surface area contributed by atoms with Gasteiger partial charge in [0.15, 0.2) is 0 Å². The predicted molar refractivity (Wildman–Crippen MR) is 70.2 cm³/mol. The number of hydrogen-bond acceptors (Lipinski definition) is 4. The first kappa shape index (κ1) is 11.3. The molecule has 0 aliphatic rings. The summed E-state index contributed by atoms with van der Waals surface area (Å²) in [4.78, 5) is 12.6. The van der Waals surface area contributed by atoms with Gasteiger partial charge in [-0.05, 0) is 35.7 Å². The summed E-state index contributed by atoms with van der Waals surface area (Å²) < 4.78 is 0. The molecular weight excluding hydrogens is 234 g/mol. The third-order valence-electron chi connectivity index (χ3n) is 2.07. The molecule has 1 amide bonds. The lowest BCUT2D eigenvalue weighted by Gasteiger charge is -1.99. The molecule has 17 heavy (non-hydrogen) atoms. The molecule has 0 unspecified atom stereocenters. The van der Waals surface area contributed by atoms with Crippen molar-refractivity contribution in [3.8, 4) is 0 Å². The standard InChI is InChI=1S/C12H11N3OS/c13-10-5-3-9(4-6-10)12(16)15-14-8-11-2-1-7-17-11/h1-8H,13H2,(H,15,16)/b14-8+. The van der Waals surface area contributed by atoms with Gasteiger partial charge in [0.05, 0.1) is 6.21 Å². The Morgan fingerprint density at radius 2 is 2.06 bits per heavy atom. The summed E-state index contributed by atoms with van der Waals surface area (Å²) in [6.45, 7) is 0. The molecular formula is C12H11N3OS. The van der Waals surface area contributed by atoms with Crippen LogP contribution >= 0.6 is 11.3 Å². The Morgan fingerprint density at radius 3 is 2.71 bits per heavy atom. The van der Waals surface area contributed by atoms with Gasteiger partial charge in [0.25, 0.3) is 5.91 Å². The van der Waals surface area contributed by atoms with Crippen LogP contribution in [0.15, 0.2) is 46.9 Å². The summed E-state index contributed by atoms with van der Waals surface area (Å²) in [6.07, 6.45) is 1.61. The van der Waals surface area contributed by atoms with E-state index in [2.05, 4.69) is 10.5 Å². The second-order valence-corrected chi connectivity index (χ2v) is 4.32. The number of amides is 1. The molecule has 0 aliphatic heterocycles. The SMILES string of the molecule is Nc1ccc(C(=O)N/N=C/c2cccs2)cc1. The van der Waals surface area contributed by atoms with Gasteiger partial charge in [-0.2, -0.15) is 5.10 Å². The fourth-order valence-corrected chi connectivity index (χ4v) is 1.80. The van der Waals surface area contributed by atoms with E-state index < -0.39 is 0 Å². The van der Waals surface area contributed by atoms with Gasteiger partial charge in [0.1, 0.15) is 0 Å². The monoisotopic (exact) mass is 245 g/mol. The second-order valence-electron chi connectivity index (χ2n) is 3.34. The van der Waals surface area contributed by atoms with Crippen molar-refractivity contribution in [2.24, 2.45) is 5.10 Å². The summed E-state index contributed by atoms with van der Waals surface area (Å²) in [6, 6.07) is 10.5. The highest BCUT2D eigenvalue weighted by Gasteiger charge is 2.02. The maximum atomic E-state index is 11.6. The van der Waals surface area contributed by atoms with Crippen LogP contribution in [-0.2, 0) is 0 Å². The molecule has 0 spiro atoms. The van der Waals surface area contributed by atoms with Crippen LogP contribution in [0.4, 0.5) is 5.69 Å². The summed E-state index contributed by atoms with van der Waals surface area (Å²) in [5.41, 5.74) is 9.14. The lowest BCUT2D eigenvalue weighted by Crippen LogP contribution is -2.17. The molecule has 0 saturated heterocycles. The average Bonchev–Trinajstić information content (AvgIpc) is 2.83. The lowest BCUT2D eigenvalue weighted by atomic mass is 10.2. The minimum atomic E-state index is -0.252. The molecule has 1 aromatic heterocycles. The fraction of sp³-hybridized carbons (Fsp3) is 0. The van der Waals surface area contributed by atoms with E-state index in [9.17, 15) is 4.79 Å². The molecule has 0 aliphatic carbocycles. The molecule has 0 radical (unpaired) electrons. The second kappa shape index (κ2) is 5.27. The van der Waals surface area contributed by atoms with E-state index in [0.29, 0.717) is 11.3 Å². The first-order valence-corrected chi connectivity index (χ1v) is 5.86. The number of hydrogen-bond donors (Lipinski definition) is 2. The largest absolute Gasteiger partial charge is 0.399 e. The molecule has 5 heteroatoms. The van der Waals surface area contributed by atoms with E-state index >= 15 is 0 Å². The number of nitrogen functional groups attached to an aromatic ring is 1. The molecule has 2 rings (SSSR count). The van der Waals surface area contributed by atoms with Crippen LogP contribution in [0.3, 0.4) is 0 Å². The minimum Gasteiger partial charge on any atom is -0.399 e. The number of anilines is 1. The summed E-state index contributed by atoms with van der Waals surface area (Å²) in [7, 11) is 0. The molecule has 0 fully saturated rings. The van der Waals surface area contributed by atoms with Gasteiger partial charge in [-0.3, -0.25) is 4.79 Å². The third kappa shape index (κ3) is 3.15. The molecule has 0 atom stereocenters. The van der Waals surface area contributed by atoms with Crippen molar-refractivity contribution < 1.29 is 4.79 Å². The topological polar surface area (TPSA) is 67.5 Å². The number of benzene rings is 1. The van der Waals surface area contributed by atoms with Crippen molar-refractivity contribution >= 4 is 29.1 Å². The summed E-state index contributed by atoms with van der Waals surface area (Å²) >= 11 is 1.56. The van der Waals surface area contributed by atoms with Gasteiger partial charge in [-0.15, -0.1) is 11.3 Å². The number of nitrogens with zero attached hydrogens (tertiary/aromatic N) is 1. The maximum absolute atomic E-state index is 11.6. The van der Waals surface area contributed by atoms with Crippen molar-refractivity contribution in [2.75, 3.05) is 5.73 Å². The van der Waals surface area contributed by atoms with Crippen LogP contribution in [-0.4, -0.2) is 12.1 Å². The molecule has 1 heterocycles. The Kier molecular flexibility index (Phi) is 3.52. The van der Waals surface area contributed by atoms with Crippen molar-refractivity contribution in [2.45, 2.75) is 0 Å². The normalized spacial score (nSPS) is 10.6. The Labute approximate surface area is 103 Å². The highest BCUT2D eigenvalue weighted by molar-refractivity contribution is 7.11. The van der Waals surface area contributed by atoms with E-state index in [1.807, 2.05) is 17.5 Å². The highest BCUT2D eigenvalue weighted by atomic mass is 32.1. The number of nitrogens with two attached hydrogens (primary N) is 1. The van der Waals surface area contributed by atoms with Crippen LogP contribution in [0.2, 0.25) is 0 Å². The van der Waals surface area contributed by atoms with Gasteiger partial charge in [-0.1, -0.05) is 6.07 Å². The first-order chi connectivity index (χ1) is 8.25. The fourth-order valence-electron chi connectivity index (χ4n) is 1.22. The predicted octanol–water partition coefficient (Wildman–Crippen LogP) is 2.09. The number of rotatable bonds is 3. The maximum Gasteiger partial charge on any atom is 0.271 e. The highest BCUT2D eigenvalue weighted by Crippen LogP contribution is 2.06. The zero-order valence-electron chi connectivity index (χ0n) is 8.96. The molecule has 4 nitrogen and oxygen atoms in total. The first-order valence-electron chi connectivity index (χ1n) is 4.98. The van der Waals surface area contributed by atoms with E-state index in [0.717, 1.165) is 4.88 Å². The molecule has 0 saturated carbocycles.